The molecule has 0 amide bonds. The Hall–Kier alpha value is -2.54. The zero-order valence-corrected chi connectivity index (χ0v) is 17.9. The summed E-state index contributed by atoms with van der Waals surface area (Å²) in [4.78, 5) is 11.1. The summed E-state index contributed by atoms with van der Waals surface area (Å²) in [6, 6.07) is 16.3. The number of rotatable bonds is 7. The van der Waals surface area contributed by atoms with Crippen molar-refractivity contribution >= 4 is 45.3 Å². The first-order chi connectivity index (χ1) is 14.7. The maximum Gasteiger partial charge on any atom is 0.120 e. The molecule has 2 aromatic heterocycles. The van der Waals surface area contributed by atoms with Gasteiger partial charge in [-0.25, -0.2) is 9.97 Å². The van der Waals surface area contributed by atoms with Crippen molar-refractivity contribution in [2.45, 2.75) is 25.7 Å². The van der Waals surface area contributed by atoms with Gasteiger partial charge in [-0.05, 0) is 24.3 Å². The molecule has 1 atom stereocenters. The van der Waals surface area contributed by atoms with Crippen LogP contribution in [0.1, 0.15) is 6.42 Å². The van der Waals surface area contributed by atoms with Crippen LogP contribution in [0.5, 0.6) is 0 Å². The summed E-state index contributed by atoms with van der Waals surface area (Å²) < 4.78 is 4.32. The fourth-order valence-corrected chi connectivity index (χ4v) is 4.57. The molecule has 0 saturated carbocycles. The molecule has 0 fully saturated rings. The maximum absolute atomic E-state index is 6.53. The smallest absolute Gasteiger partial charge is 0.120 e. The summed E-state index contributed by atoms with van der Waals surface area (Å²) >= 11 is 12.9. The molecule has 4 aromatic rings. The van der Waals surface area contributed by atoms with E-state index in [9.17, 15) is 0 Å². The van der Waals surface area contributed by atoms with Gasteiger partial charge in [0.2, 0.25) is 0 Å². The lowest BCUT2D eigenvalue weighted by atomic mass is 10.3. The molecule has 0 spiro atoms. The fourth-order valence-electron chi connectivity index (χ4n) is 4.04. The van der Waals surface area contributed by atoms with Gasteiger partial charge in [-0.1, -0.05) is 47.5 Å². The average Bonchev–Trinajstić information content (AvgIpc) is 3.44. The number of para-hydroxylation sites is 4. The molecule has 0 bridgehead atoms. The Morgan fingerprint density at radius 2 is 1.43 bits per heavy atom. The third-order valence-corrected chi connectivity index (χ3v) is 6.47. The second kappa shape index (κ2) is 8.30. The van der Waals surface area contributed by atoms with Gasteiger partial charge >= 0.3 is 0 Å². The monoisotopic (exact) mass is 440 g/mol. The number of aromatic nitrogens is 4. The zero-order valence-electron chi connectivity index (χ0n) is 16.4. The quantitative estimate of drug-likeness (QED) is 0.433. The number of hydrogen-bond donors (Lipinski definition) is 1. The number of nitrogens with one attached hydrogen (secondary N) is 1. The second-order valence-electron chi connectivity index (χ2n) is 7.42. The Balaban J connectivity index is 1.23. The average molecular weight is 441 g/mol. The summed E-state index contributed by atoms with van der Waals surface area (Å²) in [6.07, 6.45) is 4.55. The first-order valence-electron chi connectivity index (χ1n) is 10.0. The molecule has 5 rings (SSSR count). The van der Waals surface area contributed by atoms with Crippen LogP contribution in [0.4, 0.5) is 0 Å². The predicted octanol–water partition coefficient (Wildman–Crippen LogP) is 4.35. The second-order valence-corrected chi connectivity index (χ2v) is 8.23. The molecule has 1 aliphatic rings. The van der Waals surface area contributed by atoms with Crippen molar-refractivity contribution in [3.63, 3.8) is 0 Å². The lowest BCUT2D eigenvalue weighted by Gasteiger charge is -2.28. The molecule has 30 heavy (non-hydrogen) atoms. The molecule has 1 aliphatic heterocycles. The summed E-state index contributed by atoms with van der Waals surface area (Å²) in [5, 5.41) is 4.94. The highest BCUT2D eigenvalue weighted by Gasteiger charge is 2.29. The van der Waals surface area contributed by atoms with E-state index >= 15 is 0 Å². The highest BCUT2D eigenvalue weighted by atomic mass is 35.5. The van der Waals surface area contributed by atoms with E-state index in [0.717, 1.165) is 48.2 Å². The van der Waals surface area contributed by atoms with Gasteiger partial charge in [-0.2, -0.15) is 0 Å². The SMILES string of the molecule is ClC1=C(Cl)N(CCn2cnc3ccccc32)[C@H](NCCn2cnc3ccccc32)C1. The molecule has 0 aliphatic carbocycles. The minimum atomic E-state index is 0.0783. The Labute approximate surface area is 184 Å². The Morgan fingerprint density at radius 1 is 0.833 bits per heavy atom. The molecule has 0 radical (unpaired) electrons. The van der Waals surface area contributed by atoms with Crippen molar-refractivity contribution in [3.8, 4) is 0 Å². The number of imidazole rings is 2. The molecular weight excluding hydrogens is 419 g/mol. The van der Waals surface area contributed by atoms with Crippen LogP contribution in [0, 0.1) is 0 Å². The van der Waals surface area contributed by atoms with Crippen LogP contribution in [-0.2, 0) is 13.1 Å². The summed E-state index contributed by atoms with van der Waals surface area (Å²) in [6.45, 7) is 3.16. The van der Waals surface area contributed by atoms with Gasteiger partial charge in [0, 0.05) is 32.6 Å². The number of hydrogen-bond acceptors (Lipinski definition) is 4. The normalized spacial score (nSPS) is 17.0. The van der Waals surface area contributed by atoms with Gasteiger partial charge < -0.3 is 14.0 Å². The lowest BCUT2D eigenvalue weighted by molar-refractivity contribution is 0.239. The van der Waals surface area contributed by atoms with Gasteiger partial charge in [-0.15, -0.1) is 0 Å². The first kappa shape index (κ1) is 19.4. The predicted molar refractivity (Wildman–Crippen MR) is 121 cm³/mol. The van der Waals surface area contributed by atoms with Crippen molar-refractivity contribution in [2.75, 3.05) is 13.1 Å². The molecule has 3 heterocycles. The van der Waals surface area contributed by atoms with Crippen molar-refractivity contribution in [3.05, 3.63) is 71.4 Å². The van der Waals surface area contributed by atoms with Gasteiger partial charge in [0.1, 0.15) is 5.16 Å². The number of fused-ring (bicyclic) bond motifs is 2. The third-order valence-electron chi connectivity index (χ3n) is 5.59. The molecule has 2 aromatic carbocycles. The van der Waals surface area contributed by atoms with Crippen LogP contribution < -0.4 is 5.32 Å². The standard InChI is InChI=1S/C22H22Cl2N6/c23-16-13-21(25-9-10-28-14-26-17-5-1-3-7-19(17)28)30(22(16)24)12-11-29-15-27-18-6-2-4-8-20(18)29/h1-8,14-15,21,25H,9-13H2/t21-/m0/s1. The minimum absolute atomic E-state index is 0.0783. The van der Waals surface area contributed by atoms with Gasteiger partial charge in [0.05, 0.1) is 45.9 Å². The number of halogens is 2. The van der Waals surface area contributed by atoms with Crippen LogP contribution in [0.15, 0.2) is 71.4 Å². The molecule has 6 nitrogen and oxygen atoms in total. The maximum atomic E-state index is 6.53. The van der Waals surface area contributed by atoms with Crippen LogP contribution in [-0.4, -0.2) is 43.3 Å². The van der Waals surface area contributed by atoms with E-state index in [1.807, 2.05) is 49.1 Å². The lowest BCUT2D eigenvalue weighted by Crippen LogP contribution is -2.43. The van der Waals surface area contributed by atoms with Crippen molar-refractivity contribution < 1.29 is 0 Å². The molecular formula is C22H22Cl2N6. The zero-order chi connectivity index (χ0) is 20.5. The molecule has 154 valence electrons. The Morgan fingerprint density at radius 3 is 2.10 bits per heavy atom. The first-order valence-corrected chi connectivity index (χ1v) is 10.8. The van der Waals surface area contributed by atoms with Gasteiger partial charge in [0.25, 0.3) is 0 Å². The van der Waals surface area contributed by atoms with E-state index in [1.165, 1.54) is 0 Å². The molecule has 8 heteroatoms. The Bertz CT molecular complexity index is 1210. The topological polar surface area (TPSA) is 50.9 Å². The Kier molecular flexibility index (Phi) is 5.37. The van der Waals surface area contributed by atoms with Crippen molar-refractivity contribution in [2.24, 2.45) is 0 Å². The molecule has 1 N–H and O–H groups in total. The van der Waals surface area contributed by atoms with E-state index in [4.69, 9.17) is 23.2 Å². The summed E-state index contributed by atoms with van der Waals surface area (Å²) in [5.41, 5.74) is 4.28. The summed E-state index contributed by atoms with van der Waals surface area (Å²) in [5.74, 6) is 0. The molecule has 0 saturated heterocycles. The fraction of sp³-hybridized carbons (Fsp3) is 0.273. The van der Waals surface area contributed by atoms with E-state index in [2.05, 4.69) is 41.5 Å². The van der Waals surface area contributed by atoms with E-state index in [1.54, 1.807) is 0 Å². The van der Waals surface area contributed by atoms with E-state index in [0.29, 0.717) is 16.6 Å². The number of benzene rings is 2. The number of nitrogens with zero attached hydrogens (tertiary/aromatic N) is 5. The highest BCUT2D eigenvalue weighted by Crippen LogP contribution is 2.32. The van der Waals surface area contributed by atoms with E-state index < -0.39 is 0 Å². The van der Waals surface area contributed by atoms with Crippen LogP contribution >= 0.6 is 23.2 Å². The van der Waals surface area contributed by atoms with Crippen LogP contribution in [0.2, 0.25) is 0 Å². The van der Waals surface area contributed by atoms with Crippen LogP contribution in [0.25, 0.3) is 22.1 Å². The molecule has 0 unspecified atom stereocenters. The highest BCUT2D eigenvalue weighted by molar-refractivity contribution is 6.39. The largest absolute Gasteiger partial charge is 0.344 e. The van der Waals surface area contributed by atoms with Crippen molar-refractivity contribution in [1.82, 2.24) is 29.3 Å². The minimum Gasteiger partial charge on any atom is -0.344 e. The summed E-state index contributed by atoms with van der Waals surface area (Å²) in [7, 11) is 0. The van der Waals surface area contributed by atoms with Crippen LogP contribution in [0.3, 0.4) is 0 Å². The van der Waals surface area contributed by atoms with E-state index in [-0.39, 0.29) is 6.17 Å². The van der Waals surface area contributed by atoms with Gasteiger partial charge in [-0.3, -0.25) is 5.32 Å². The van der Waals surface area contributed by atoms with Gasteiger partial charge in [0.15, 0.2) is 0 Å². The van der Waals surface area contributed by atoms with Crippen molar-refractivity contribution in [1.29, 1.82) is 0 Å². The third kappa shape index (κ3) is 3.67.